The van der Waals surface area contributed by atoms with Gasteiger partial charge in [0.15, 0.2) is 6.61 Å². The summed E-state index contributed by atoms with van der Waals surface area (Å²) in [5, 5.41) is 10.2. The van der Waals surface area contributed by atoms with E-state index >= 15 is 0 Å². The zero-order chi connectivity index (χ0) is 21.6. The zero-order valence-corrected chi connectivity index (χ0v) is 17.7. The molecule has 0 saturated carbocycles. The van der Waals surface area contributed by atoms with Gasteiger partial charge in [-0.3, -0.25) is 4.79 Å². The van der Waals surface area contributed by atoms with Gasteiger partial charge in [-0.2, -0.15) is 0 Å². The Hall–Kier alpha value is -3.45. The number of carboxylic acids is 1. The summed E-state index contributed by atoms with van der Waals surface area (Å²) in [5.41, 5.74) is 2.02. The minimum atomic E-state index is -1.000. The summed E-state index contributed by atoms with van der Waals surface area (Å²) in [4.78, 5) is 30.5. The third kappa shape index (κ3) is 5.00. The third-order valence-corrected chi connectivity index (χ3v) is 6.03. The largest absolute Gasteiger partial charge is 0.483 e. The van der Waals surface area contributed by atoms with E-state index in [1.54, 1.807) is 6.08 Å². The van der Waals surface area contributed by atoms with Crippen molar-refractivity contribution in [1.82, 2.24) is 9.88 Å². The summed E-state index contributed by atoms with van der Waals surface area (Å²) >= 11 is 1.12. The molecule has 0 unspecified atom stereocenters. The number of nitrogens with zero attached hydrogens (tertiary/aromatic N) is 2. The van der Waals surface area contributed by atoms with E-state index in [4.69, 9.17) is 4.74 Å². The number of aromatic nitrogens is 1. The molecule has 6 nitrogen and oxygen atoms in total. The molecule has 0 spiro atoms. The molecule has 4 rings (SSSR count). The number of thiazole rings is 1. The van der Waals surface area contributed by atoms with Gasteiger partial charge in [-0.25, -0.2) is 9.78 Å². The van der Waals surface area contributed by atoms with E-state index in [0.717, 1.165) is 48.4 Å². The highest BCUT2D eigenvalue weighted by Crippen LogP contribution is 2.30. The molecule has 2 aromatic carbocycles. The van der Waals surface area contributed by atoms with Crippen molar-refractivity contribution in [2.75, 3.05) is 19.7 Å². The number of benzene rings is 2. The van der Waals surface area contributed by atoms with Crippen LogP contribution >= 0.6 is 11.3 Å². The molecule has 7 heteroatoms. The summed E-state index contributed by atoms with van der Waals surface area (Å²) in [6, 6.07) is 16.7. The third-order valence-electron chi connectivity index (χ3n) is 5.02. The normalized spacial score (nSPS) is 13.6. The summed E-state index contributed by atoms with van der Waals surface area (Å²) in [7, 11) is 0. The molecule has 1 amide bonds. The summed E-state index contributed by atoms with van der Waals surface area (Å²) < 4.78 is 5.78. The van der Waals surface area contributed by atoms with E-state index in [1.807, 2.05) is 65.6 Å². The second-order valence-corrected chi connectivity index (χ2v) is 8.18. The average Bonchev–Trinajstić information content (AvgIpc) is 3.48. The second-order valence-electron chi connectivity index (χ2n) is 7.15. The van der Waals surface area contributed by atoms with Gasteiger partial charge in [-0.05, 0) is 31.1 Å². The van der Waals surface area contributed by atoms with Crippen LogP contribution in [0.25, 0.3) is 23.4 Å². The van der Waals surface area contributed by atoms with Crippen molar-refractivity contribution in [3.05, 3.63) is 70.0 Å². The van der Waals surface area contributed by atoms with Crippen molar-refractivity contribution < 1.29 is 19.4 Å². The first kappa shape index (κ1) is 20.8. The standard InChI is InChI=1S/C24H22N2O4S/c27-21(26-14-6-7-15-26)16-30-19-11-5-4-8-17(19)12-13-20-25-22(23(31-20)24(28)29)18-9-2-1-3-10-18/h1-5,8-13H,6-7,14-16H2,(H,28,29)/b13-12+. The Labute approximate surface area is 184 Å². The lowest BCUT2D eigenvalue weighted by Gasteiger charge is -2.16. The molecule has 1 saturated heterocycles. The number of hydrogen-bond donors (Lipinski definition) is 1. The molecule has 1 aliphatic rings. The van der Waals surface area contributed by atoms with Gasteiger partial charge in [-0.1, -0.05) is 48.5 Å². The van der Waals surface area contributed by atoms with E-state index in [0.29, 0.717) is 16.5 Å². The number of rotatable bonds is 7. The highest BCUT2D eigenvalue weighted by Gasteiger charge is 2.19. The zero-order valence-electron chi connectivity index (χ0n) is 16.9. The Balaban J connectivity index is 1.52. The lowest BCUT2D eigenvalue weighted by Crippen LogP contribution is -2.32. The van der Waals surface area contributed by atoms with Crippen LogP contribution in [0.2, 0.25) is 0 Å². The fourth-order valence-electron chi connectivity index (χ4n) is 3.45. The Morgan fingerprint density at radius 1 is 1.03 bits per heavy atom. The van der Waals surface area contributed by atoms with Crippen LogP contribution in [0.15, 0.2) is 54.6 Å². The highest BCUT2D eigenvalue weighted by atomic mass is 32.1. The molecule has 1 N–H and O–H groups in total. The van der Waals surface area contributed by atoms with E-state index < -0.39 is 5.97 Å². The molecule has 1 fully saturated rings. The average molecular weight is 435 g/mol. The maximum atomic E-state index is 12.3. The molecular weight excluding hydrogens is 412 g/mol. The van der Waals surface area contributed by atoms with Gasteiger partial charge in [0.25, 0.3) is 5.91 Å². The number of hydrogen-bond acceptors (Lipinski definition) is 5. The van der Waals surface area contributed by atoms with Crippen molar-refractivity contribution in [2.24, 2.45) is 0 Å². The van der Waals surface area contributed by atoms with Crippen molar-refractivity contribution in [3.8, 4) is 17.0 Å². The number of carboxylic acid groups (broad SMARTS) is 1. The van der Waals surface area contributed by atoms with Gasteiger partial charge in [-0.15, -0.1) is 11.3 Å². The number of para-hydroxylation sites is 1. The molecule has 0 bridgehead atoms. The Kier molecular flexibility index (Phi) is 6.43. The minimum absolute atomic E-state index is 0.00340. The Bertz CT molecular complexity index is 1100. The smallest absolute Gasteiger partial charge is 0.348 e. The molecule has 1 aromatic heterocycles. The number of carbonyl (C=O) groups is 2. The molecule has 1 aliphatic heterocycles. The molecule has 0 radical (unpaired) electrons. The van der Waals surface area contributed by atoms with Crippen molar-refractivity contribution >= 4 is 35.4 Å². The number of aromatic carboxylic acids is 1. The molecule has 0 aliphatic carbocycles. The lowest BCUT2D eigenvalue weighted by atomic mass is 10.1. The van der Waals surface area contributed by atoms with Crippen LogP contribution in [0.4, 0.5) is 0 Å². The van der Waals surface area contributed by atoms with E-state index in [1.165, 1.54) is 0 Å². The molecule has 158 valence electrons. The molecule has 2 heterocycles. The first-order valence-corrected chi connectivity index (χ1v) is 10.9. The SMILES string of the molecule is O=C(O)c1sc(/C=C/c2ccccc2OCC(=O)N2CCCC2)nc1-c1ccccc1. The summed E-state index contributed by atoms with van der Waals surface area (Å²) in [5.74, 6) is -0.403. The van der Waals surface area contributed by atoms with Crippen molar-refractivity contribution in [3.63, 3.8) is 0 Å². The second kappa shape index (κ2) is 9.57. The van der Waals surface area contributed by atoms with E-state index in [9.17, 15) is 14.7 Å². The Morgan fingerprint density at radius 3 is 2.48 bits per heavy atom. The van der Waals surface area contributed by atoms with Gasteiger partial charge < -0.3 is 14.7 Å². The van der Waals surface area contributed by atoms with Crippen LogP contribution in [-0.2, 0) is 4.79 Å². The summed E-state index contributed by atoms with van der Waals surface area (Å²) in [6.07, 6.45) is 5.69. The highest BCUT2D eigenvalue weighted by molar-refractivity contribution is 7.15. The monoisotopic (exact) mass is 434 g/mol. The fraction of sp³-hybridized carbons (Fsp3) is 0.208. The van der Waals surface area contributed by atoms with Crippen LogP contribution in [0, 0.1) is 0 Å². The van der Waals surface area contributed by atoms with Gasteiger partial charge >= 0.3 is 5.97 Å². The van der Waals surface area contributed by atoms with E-state index in [2.05, 4.69) is 4.98 Å². The summed E-state index contributed by atoms with van der Waals surface area (Å²) in [6.45, 7) is 1.59. The molecule has 0 atom stereocenters. The molecular formula is C24H22N2O4S. The predicted octanol–water partition coefficient (Wildman–Crippen LogP) is 4.68. The first-order valence-electron chi connectivity index (χ1n) is 10.1. The number of likely N-dealkylation sites (tertiary alicyclic amines) is 1. The molecule has 31 heavy (non-hydrogen) atoms. The van der Waals surface area contributed by atoms with Crippen LogP contribution in [-0.4, -0.2) is 46.6 Å². The van der Waals surface area contributed by atoms with Crippen LogP contribution in [0.5, 0.6) is 5.75 Å². The number of amides is 1. The van der Waals surface area contributed by atoms with Crippen molar-refractivity contribution in [1.29, 1.82) is 0 Å². The van der Waals surface area contributed by atoms with E-state index in [-0.39, 0.29) is 17.4 Å². The van der Waals surface area contributed by atoms with Crippen LogP contribution < -0.4 is 4.74 Å². The fourth-order valence-corrected chi connectivity index (χ4v) is 4.28. The maximum Gasteiger partial charge on any atom is 0.348 e. The van der Waals surface area contributed by atoms with Crippen LogP contribution in [0.1, 0.15) is 33.1 Å². The predicted molar refractivity (Wildman–Crippen MR) is 121 cm³/mol. The number of ether oxygens (including phenoxy) is 1. The van der Waals surface area contributed by atoms with Crippen molar-refractivity contribution in [2.45, 2.75) is 12.8 Å². The minimum Gasteiger partial charge on any atom is -0.483 e. The van der Waals surface area contributed by atoms with Gasteiger partial charge in [0.1, 0.15) is 15.6 Å². The van der Waals surface area contributed by atoms with Gasteiger partial charge in [0, 0.05) is 24.2 Å². The van der Waals surface area contributed by atoms with Gasteiger partial charge in [0.05, 0.1) is 5.69 Å². The number of carbonyl (C=O) groups excluding carboxylic acids is 1. The first-order chi connectivity index (χ1) is 15.1. The van der Waals surface area contributed by atoms with Crippen LogP contribution in [0.3, 0.4) is 0 Å². The maximum absolute atomic E-state index is 12.3. The topological polar surface area (TPSA) is 79.7 Å². The van der Waals surface area contributed by atoms with Gasteiger partial charge in [0.2, 0.25) is 0 Å². The lowest BCUT2D eigenvalue weighted by molar-refractivity contribution is -0.132. The Morgan fingerprint density at radius 2 is 1.74 bits per heavy atom. The quantitative estimate of drug-likeness (QED) is 0.584. The molecule has 3 aromatic rings.